The number of anilines is 2. The number of nitrogens with two attached hydrogens (primary N) is 1. The first-order valence-corrected chi connectivity index (χ1v) is 6.73. The molecule has 0 bridgehead atoms. The normalized spacial score (nSPS) is 10.3. The fraction of sp³-hybridized carbons (Fsp3) is 0.235. The second kappa shape index (κ2) is 6.24. The molecule has 0 atom stereocenters. The molecular formula is C17H20N2O. The van der Waals surface area contributed by atoms with E-state index >= 15 is 0 Å². The summed E-state index contributed by atoms with van der Waals surface area (Å²) in [5.74, 6) is 0.125. The van der Waals surface area contributed by atoms with Crippen molar-refractivity contribution in [2.75, 3.05) is 24.2 Å². The van der Waals surface area contributed by atoms with Crippen molar-refractivity contribution in [1.29, 1.82) is 0 Å². The third kappa shape index (κ3) is 3.38. The van der Waals surface area contributed by atoms with Crippen molar-refractivity contribution in [2.24, 2.45) is 0 Å². The van der Waals surface area contributed by atoms with Gasteiger partial charge in [0.2, 0.25) is 0 Å². The minimum atomic E-state index is 0.125. The SMILES string of the molecule is Cc1ccc(C(=O)CCN(C)c2ccccc2)cc1N. The molecule has 3 nitrogen and oxygen atoms in total. The lowest BCUT2D eigenvalue weighted by molar-refractivity contribution is 0.0985. The summed E-state index contributed by atoms with van der Waals surface area (Å²) in [5.41, 5.74) is 9.32. The van der Waals surface area contributed by atoms with Gasteiger partial charge in [0.25, 0.3) is 0 Å². The minimum absolute atomic E-state index is 0.125. The molecule has 104 valence electrons. The molecule has 2 rings (SSSR count). The molecule has 0 aliphatic rings. The number of hydrogen-bond acceptors (Lipinski definition) is 3. The van der Waals surface area contributed by atoms with Gasteiger partial charge in [0.15, 0.2) is 5.78 Å². The van der Waals surface area contributed by atoms with E-state index in [9.17, 15) is 4.79 Å². The molecule has 0 heterocycles. The first-order chi connectivity index (χ1) is 9.58. The van der Waals surface area contributed by atoms with E-state index in [1.807, 2.05) is 56.4 Å². The number of carbonyl (C=O) groups is 1. The monoisotopic (exact) mass is 268 g/mol. The van der Waals surface area contributed by atoms with Crippen LogP contribution in [0.2, 0.25) is 0 Å². The lowest BCUT2D eigenvalue weighted by Gasteiger charge is -2.18. The van der Waals surface area contributed by atoms with Crippen LogP contribution in [0.25, 0.3) is 0 Å². The van der Waals surface area contributed by atoms with Crippen molar-refractivity contribution < 1.29 is 4.79 Å². The maximum atomic E-state index is 12.2. The Morgan fingerprint density at radius 1 is 1.15 bits per heavy atom. The highest BCUT2D eigenvalue weighted by atomic mass is 16.1. The summed E-state index contributed by atoms with van der Waals surface area (Å²) in [6.45, 7) is 2.63. The van der Waals surface area contributed by atoms with Crippen LogP contribution in [0.3, 0.4) is 0 Å². The lowest BCUT2D eigenvalue weighted by Crippen LogP contribution is -2.21. The maximum Gasteiger partial charge on any atom is 0.164 e. The number of benzene rings is 2. The number of rotatable bonds is 5. The molecule has 0 fully saturated rings. The van der Waals surface area contributed by atoms with Crippen LogP contribution in [0.4, 0.5) is 11.4 Å². The molecule has 0 saturated heterocycles. The number of Topliss-reactive ketones (excluding diaryl/α,β-unsaturated/α-hetero) is 1. The zero-order valence-electron chi connectivity index (χ0n) is 12.0. The van der Waals surface area contributed by atoms with Gasteiger partial charge in [0.05, 0.1) is 0 Å². The van der Waals surface area contributed by atoms with Gasteiger partial charge in [-0.25, -0.2) is 0 Å². The number of hydrogen-bond donors (Lipinski definition) is 1. The van der Waals surface area contributed by atoms with Crippen LogP contribution in [0.5, 0.6) is 0 Å². The van der Waals surface area contributed by atoms with Crippen molar-refractivity contribution in [3.63, 3.8) is 0 Å². The molecule has 0 unspecified atom stereocenters. The maximum absolute atomic E-state index is 12.2. The van der Waals surface area contributed by atoms with Crippen molar-refractivity contribution in [3.8, 4) is 0 Å². The van der Waals surface area contributed by atoms with E-state index in [0.29, 0.717) is 24.2 Å². The summed E-state index contributed by atoms with van der Waals surface area (Å²) in [5, 5.41) is 0. The Kier molecular flexibility index (Phi) is 4.41. The van der Waals surface area contributed by atoms with Crippen LogP contribution in [-0.2, 0) is 0 Å². The van der Waals surface area contributed by atoms with Gasteiger partial charge in [-0.15, -0.1) is 0 Å². The molecule has 2 aromatic rings. The molecule has 2 N–H and O–H groups in total. The van der Waals surface area contributed by atoms with Crippen LogP contribution in [0, 0.1) is 6.92 Å². The van der Waals surface area contributed by atoms with Gasteiger partial charge in [0, 0.05) is 37.0 Å². The van der Waals surface area contributed by atoms with Crippen LogP contribution in [-0.4, -0.2) is 19.4 Å². The van der Waals surface area contributed by atoms with Gasteiger partial charge >= 0.3 is 0 Å². The first-order valence-electron chi connectivity index (χ1n) is 6.73. The van der Waals surface area contributed by atoms with E-state index in [1.54, 1.807) is 6.07 Å². The van der Waals surface area contributed by atoms with E-state index in [-0.39, 0.29) is 5.78 Å². The molecule has 20 heavy (non-hydrogen) atoms. The first kappa shape index (κ1) is 14.1. The van der Waals surface area contributed by atoms with Crippen molar-refractivity contribution in [1.82, 2.24) is 0 Å². The average Bonchev–Trinajstić information content (AvgIpc) is 2.48. The van der Waals surface area contributed by atoms with Gasteiger partial charge < -0.3 is 10.6 Å². The third-order valence-corrected chi connectivity index (χ3v) is 3.47. The Bertz CT molecular complexity index is 593. The topological polar surface area (TPSA) is 46.3 Å². The van der Waals surface area contributed by atoms with E-state index in [1.165, 1.54) is 0 Å². The second-order valence-electron chi connectivity index (χ2n) is 5.00. The summed E-state index contributed by atoms with van der Waals surface area (Å²) in [4.78, 5) is 14.2. The fourth-order valence-electron chi connectivity index (χ4n) is 2.04. The zero-order chi connectivity index (χ0) is 14.5. The van der Waals surface area contributed by atoms with Crippen LogP contribution in [0.15, 0.2) is 48.5 Å². The molecule has 0 radical (unpaired) electrons. The number of ketones is 1. The highest BCUT2D eigenvalue weighted by Gasteiger charge is 2.09. The van der Waals surface area contributed by atoms with Gasteiger partial charge in [-0.1, -0.05) is 30.3 Å². The van der Waals surface area contributed by atoms with Crippen molar-refractivity contribution in [3.05, 3.63) is 59.7 Å². The molecule has 0 aromatic heterocycles. The van der Waals surface area contributed by atoms with Crippen LogP contribution >= 0.6 is 0 Å². The highest BCUT2D eigenvalue weighted by molar-refractivity contribution is 5.97. The minimum Gasteiger partial charge on any atom is -0.398 e. The molecule has 2 aromatic carbocycles. The van der Waals surface area contributed by atoms with Gasteiger partial charge in [-0.3, -0.25) is 4.79 Å². The summed E-state index contributed by atoms with van der Waals surface area (Å²) in [7, 11) is 1.99. The summed E-state index contributed by atoms with van der Waals surface area (Å²) < 4.78 is 0. The number of nitrogen functional groups attached to an aromatic ring is 1. The molecular weight excluding hydrogens is 248 g/mol. The third-order valence-electron chi connectivity index (χ3n) is 3.47. The number of para-hydroxylation sites is 1. The van der Waals surface area contributed by atoms with Crippen molar-refractivity contribution in [2.45, 2.75) is 13.3 Å². The second-order valence-corrected chi connectivity index (χ2v) is 5.00. The Morgan fingerprint density at radius 2 is 1.85 bits per heavy atom. The molecule has 0 amide bonds. The fourth-order valence-corrected chi connectivity index (χ4v) is 2.04. The molecule has 3 heteroatoms. The Hall–Kier alpha value is -2.29. The van der Waals surface area contributed by atoms with E-state index in [2.05, 4.69) is 4.90 Å². The Labute approximate surface area is 120 Å². The number of carbonyl (C=O) groups excluding carboxylic acids is 1. The van der Waals surface area contributed by atoms with E-state index in [4.69, 9.17) is 5.73 Å². The van der Waals surface area contributed by atoms with Gasteiger partial charge in [-0.2, -0.15) is 0 Å². The predicted molar refractivity (Wildman–Crippen MR) is 84.3 cm³/mol. The molecule has 0 saturated carbocycles. The number of nitrogens with zero attached hydrogens (tertiary/aromatic N) is 1. The van der Waals surface area contributed by atoms with Gasteiger partial charge in [0.1, 0.15) is 0 Å². The summed E-state index contributed by atoms with van der Waals surface area (Å²) >= 11 is 0. The quantitative estimate of drug-likeness (QED) is 0.668. The zero-order valence-corrected chi connectivity index (χ0v) is 12.0. The Balaban J connectivity index is 1.97. The summed E-state index contributed by atoms with van der Waals surface area (Å²) in [6, 6.07) is 15.5. The summed E-state index contributed by atoms with van der Waals surface area (Å²) in [6.07, 6.45) is 0.480. The Morgan fingerprint density at radius 3 is 2.50 bits per heavy atom. The average molecular weight is 268 g/mol. The van der Waals surface area contributed by atoms with Crippen molar-refractivity contribution >= 4 is 17.2 Å². The van der Waals surface area contributed by atoms with Crippen LogP contribution in [0.1, 0.15) is 22.3 Å². The largest absolute Gasteiger partial charge is 0.398 e. The lowest BCUT2D eigenvalue weighted by atomic mass is 10.0. The smallest absolute Gasteiger partial charge is 0.164 e. The van der Waals surface area contributed by atoms with Gasteiger partial charge in [-0.05, 0) is 30.7 Å². The predicted octanol–water partition coefficient (Wildman–Crippen LogP) is 3.29. The van der Waals surface area contributed by atoms with Crippen LogP contribution < -0.4 is 10.6 Å². The highest BCUT2D eigenvalue weighted by Crippen LogP contribution is 2.16. The van der Waals surface area contributed by atoms with E-state index in [0.717, 1.165) is 11.3 Å². The standard InChI is InChI=1S/C17H20N2O/c1-13-8-9-14(12-16(13)18)17(20)10-11-19(2)15-6-4-3-5-7-15/h3-9,12H,10-11,18H2,1-2H3. The molecule has 0 aliphatic carbocycles. The molecule has 0 spiro atoms. The number of aryl methyl sites for hydroxylation is 1. The van der Waals surface area contributed by atoms with E-state index < -0.39 is 0 Å². The molecule has 0 aliphatic heterocycles.